The molecule has 2 aliphatic rings. The molecule has 13 heteroatoms. The van der Waals surface area contributed by atoms with Gasteiger partial charge in [-0.1, -0.05) is 6.07 Å². The smallest absolute Gasteiger partial charge is 0.229 e. The number of aryl methyl sites for hydroxylation is 1. The summed E-state index contributed by atoms with van der Waals surface area (Å²) in [4.78, 5) is 29.1. The second-order valence-electron chi connectivity index (χ2n) is 10.5. The first-order valence-electron chi connectivity index (χ1n) is 13.2. The first-order chi connectivity index (χ1) is 18.7. The number of piperidine rings is 1. The molecule has 0 saturated carbocycles. The van der Waals surface area contributed by atoms with Crippen LogP contribution in [0.15, 0.2) is 36.8 Å². The van der Waals surface area contributed by atoms with Gasteiger partial charge in [0, 0.05) is 37.1 Å². The van der Waals surface area contributed by atoms with E-state index in [1.807, 2.05) is 26.0 Å². The minimum absolute atomic E-state index is 0.0798. The van der Waals surface area contributed by atoms with Gasteiger partial charge in [0.25, 0.3) is 0 Å². The van der Waals surface area contributed by atoms with Crippen LogP contribution in [0.3, 0.4) is 0 Å². The van der Waals surface area contributed by atoms with Gasteiger partial charge in [0.05, 0.1) is 36.6 Å². The lowest BCUT2D eigenvalue weighted by atomic mass is 9.78. The van der Waals surface area contributed by atoms with Crippen molar-refractivity contribution in [2.24, 2.45) is 5.41 Å². The summed E-state index contributed by atoms with van der Waals surface area (Å²) in [5.74, 6) is 1.19. The van der Waals surface area contributed by atoms with Gasteiger partial charge in [-0.05, 0) is 51.7 Å². The highest BCUT2D eigenvalue weighted by atomic mass is 19.1. The molecule has 5 N–H and O–H groups in total. The van der Waals surface area contributed by atoms with Crippen molar-refractivity contribution in [2.75, 3.05) is 29.9 Å². The summed E-state index contributed by atoms with van der Waals surface area (Å²) in [6.07, 6.45) is 5.94. The maximum absolute atomic E-state index is 13.4. The third-order valence-electron chi connectivity index (χ3n) is 7.45. The van der Waals surface area contributed by atoms with Crippen LogP contribution in [0.1, 0.15) is 50.4 Å². The molecule has 2 saturated heterocycles. The number of aliphatic hydroxyl groups is 1. The van der Waals surface area contributed by atoms with Gasteiger partial charge in [0.2, 0.25) is 11.9 Å². The number of amides is 1. The molecule has 3 aromatic heterocycles. The lowest BCUT2D eigenvalue weighted by Gasteiger charge is -2.40. The Kier molecular flexibility index (Phi) is 7.73. The van der Waals surface area contributed by atoms with Gasteiger partial charge in [-0.25, -0.2) is 24.5 Å². The van der Waals surface area contributed by atoms with Crippen LogP contribution in [0.5, 0.6) is 0 Å². The second kappa shape index (κ2) is 11.2. The van der Waals surface area contributed by atoms with Gasteiger partial charge in [-0.3, -0.25) is 10.2 Å². The highest BCUT2D eigenvalue weighted by Gasteiger charge is 2.42. The van der Waals surface area contributed by atoms with Gasteiger partial charge in [-0.15, -0.1) is 0 Å². The second-order valence-corrected chi connectivity index (χ2v) is 10.5. The molecule has 2 fully saturated rings. The molecule has 0 spiro atoms. The molecule has 5 rings (SSSR count). The van der Waals surface area contributed by atoms with Gasteiger partial charge < -0.3 is 20.6 Å². The van der Waals surface area contributed by atoms with Crippen LogP contribution in [-0.2, 0) is 4.79 Å². The molecule has 0 radical (unpaired) electrons. The Labute approximate surface area is 226 Å². The van der Waals surface area contributed by atoms with E-state index in [4.69, 9.17) is 4.98 Å². The maximum Gasteiger partial charge on any atom is 0.229 e. The van der Waals surface area contributed by atoms with Crippen molar-refractivity contribution in [3.05, 3.63) is 53.9 Å². The number of anilines is 2. The van der Waals surface area contributed by atoms with Gasteiger partial charge in [0.1, 0.15) is 5.82 Å². The number of hydrazine groups is 1. The molecule has 1 amide bonds. The summed E-state index contributed by atoms with van der Waals surface area (Å²) in [5.41, 5.74) is 7.15. The molecule has 5 heterocycles. The molecule has 3 atom stereocenters. The summed E-state index contributed by atoms with van der Waals surface area (Å²) in [6.45, 7) is 6.76. The fraction of sp³-hybridized carbons (Fsp3) is 0.500. The summed E-state index contributed by atoms with van der Waals surface area (Å²) in [6, 6.07) is 5.50. The number of pyridine rings is 1. The summed E-state index contributed by atoms with van der Waals surface area (Å²) in [5, 5.41) is 20.7. The maximum atomic E-state index is 13.4. The van der Waals surface area contributed by atoms with Crippen molar-refractivity contribution >= 4 is 17.7 Å². The highest BCUT2D eigenvalue weighted by molar-refractivity contribution is 5.83. The van der Waals surface area contributed by atoms with Crippen molar-refractivity contribution in [2.45, 2.75) is 58.3 Å². The minimum atomic E-state index is -0.898. The molecule has 208 valence electrons. The fourth-order valence-electron chi connectivity index (χ4n) is 5.00. The summed E-state index contributed by atoms with van der Waals surface area (Å²) >= 11 is 0. The molecular weight excluding hydrogens is 503 g/mol. The summed E-state index contributed by atoms with van der Waals surface area (Å²) < 4.78 is 14.6. The van der Waals surface area contributed by atoms with Crippen LogP contribution in [0.2, 0.25) is 0 Å². The number of rotatable bonds is 8. The predicted octanol–water partition coefficient (Wildman–Crippen LogP) is 1.59. The largest absolute Gasteiger partial charge is 0.395 e. The van der Waals surface area contributed by atoms with E-state index < -0.39 is 11.2 Å². The van der Waals surface area contributed by atoms with Crippen LogP contribution >= 0.6 is 0 Å². The van der Waals surface area contributed by atoms with Crippen molar-refractivity contribution in [3.8, 4) is 5.82 Å². The first kappa shape index (κ1) is 26.9. The quantitative estimate of drug-likeness (QED) is 0.287. The Morgan fingerprint density at radius 1 is 1.26 bits per heavy atom. The van der Waals surface area contributed by atoms with Crippen molar-refractivity contribution in [3.63, 3.8) is 0 Å². The number of nitrogens with zero attached hydrogens (tertiary/aromatic N) is 6. The number of hydrogen-bond acceptors (Lipinski definition) is 10. The fourth-order valence-corrected chi connectivity index (χ4v) is 5.00. The third kappa shape index (κ3) is 6.00. The highest BCUT2D eigenvalue weighted by Crippen LogP contribution is 2.34. The molecule has 2 unspecified atom stereocenters. The molecule has 0 aliphatic carbocycles. The molecule has 0 aromatic carbocycles. The predicted molar refractivity (Wildman–Crippen MR) is 143 cm³/mol. The number of aliphatic hydroxyl groups excluding tert-OH is 1. The minimum Gasteiger partial charge on any atom is -0.395 e. The van der Waals surface area contributed by atoms with E-state index in [2.05, 4.69) is 48.4 Å². The van der Waals surface area contributed by atoms with E-state index in [0.717, 1.165) is 29.7 Å². The Bertz CT molecular complexity index is 1290. The van der Waals surface area contributed by atoms with Crippen molar-refractivity contribution < 1.29 is 14.3 Å². The van der Waals surface area contributed by atoms with E-state index in [0.29, 0.717) is 43.7 Å². The van der Waals surface area contributed by atoms with Gasteiger partial charge in [0.15, 0.2) is 11.6 Å². The average molecular weight is 539 g/mol. The van der Waals surface area contributed by atoms with E-state index in [1.54, 1.807) is 12.3 Å². The molecule has 0 bridgehead atoms. The van der Waals surface area contributed by atoms with Crippen LogP contribution in [0, 0.1) is 18.2 Å². The zero-order valence-corrected chi connectivity index (χ0v) is 22.4. The van der Waals surface area contributed by atoms with E-state index in [1.165, 1.54) is 10.9 Å². The number of carbonyl (C=O) groups excluding carboxylic acids is 1. The molecular formula is C26H35FN10O2. The Morgan fingerprint density at radius 3 is 2.67 bits per heavy atom. The summed E-state index contributed by atoms with van der Waals surface area (Å²) in [7, 11) is 0. The van der Waals surface area contributed by atoms with E-state index in [9.17, 15) is 14.3 Å². The number of carbonyl (C=O) groups is 1. The average Bonchev–Trinajstić information content (AvgIpc) is 3.55. The van der Waals surface area contributed by atoms with Crippen LogP contribution in [0.4, 0.5) is 16.2 Å². The Morgan fingerprint density at radius 2 is 2.05 bits per heavy atom. The van der Waals surface area contributed by atoms with Gasteiger partial charge in [-0.2, -0.15) is 10.1 Å². The molecule has 2 aliphatic heterocycles. The number of hydrogen-bond donors (Lipinski definition) is 5. The zero-order chi connectivity index (χ0) is 27.6. The van der Waals surface area contributed by atoms with Crippen molar-refractivity contribution in [1.29, 1.82) is 0 Å². The zero-order valence-electron chi connectivity index (χ0n) is 22.4. The molecule has 39 heavy (non-hydrogen) atoms. The van der Waals surface area contributed by atoms with Crippen LogP contribution in [0.25, 0.3) is 5.82 Å². The monoisotopic (exact) mass is 538 g/mol. The van der Waals surface area contributed by atoms with E-state index in [-0.39, 0.29) is 24.7 Å². The van der Waals surface area contributed by atoms with Crippen molar-refractivity contribution in [1.82, 2.24) is 40.9 Å². The standard InChI is InChI=1S/C26H35FN10O2/c1-16-10-21(32-22-11-17(2)34-35-22)33-25(30-16)36-8-6-26(15-38,7-9-36)24(39)31-18(3)19-4-5-23(28-12-19)37-14-20(27)13-29-37/h4-5,10,12-14,17-18,22,34-35,38H,6-9,11,15H2,1-3H3,(H,31,39)(H,30,32,33)/t17?,18-,22?/m0/s1. The Balaban J connectivity index is 1.20. The Hall–Kier alpha value is -3.68. The molecule has 12 nitrogen and oxygen atoms in total. The number of aromatic nitrogens is 5. The lowest BCUT2D eigenvalue weighted by Crippen LogP contribution is -2.51. The lowest BCUT2D eigenvalue weighted by molar-refractivity contribution is -0.135. The van der Waals surface area contributed by atoms with Crippen LogP contribution in [-0.4, -0.2) is 67.7 Å². The topological polar surface area (TPSA) is 145 Å². The van der Waals surface area contributed by atoms with Gasteiger partial charge >= 0.3 is 0 Å². The normalized spacial score (nSPS) is 21.5. The number of nitrogens with one attached hydrogen (secondary N) is 4. The van der Waals surface area contributed by atoms with Crippen LogP contribution < -0.4 is 26.4 Å². The SMILES string of the molecule is Cc1cc(NC2CC(C)NN2)nc(N2CCC(CO)(C(=O)N[C@@H](C)c3ccc(-n4cc(F)cn4)nc3)CC2)n1. The molecule has 3 aromatic rings. The van der Waals surface area contributed by atoms with E-state index >= 15 is 0 Å². The first-order valence-corrected chi connectivity index (χ1v) is 13.2. The third-order valence-corrected chi connectivity index (χ3v) is 7.45. The number of halogens is 1.